The number of hydrogen-bond donors (Lipinski definition) is 1. The van der Waals surface area contributed by atoms with Crippen molar-refractivity contribution in [3.63, 3.8) is 0 Å². The van der Waals surface area contributed by atoms with Crippen LogP contribution in [0.4, 0.5) is 15.6 Å². The van der Waals surface area contributed by atoms with Gasteiger partial charge in [-0.25, -0.2) is 9.69 Å². The van der Waals surface area contributed by atoms with Crippen LogP contribution in [0, 0.1) is 3.95 Å². The van der Waals surface area contributed by atoms with Gasteiger partial charge in [0.25, 0.3) is 0 Å². The molecule has 0 aliphatic rings. The van der Waals surface area contributed by atoms with Gasteiger partial charge in [-0.3, -0.25) is 5.10 Å². The Labute approximate surface area is 151 Å². The van der Waals surface area contributed by atoms with Crippen molar-refractivity contribution in [2.24, 2.45) is 0 Å². The minimum atomic E-state index is -0.597. The maximum atomic E-state index is 12.9. The molecule has 2 rings (SSSR count). The lowest BCUT2D eigenvalue weighted by Gasteiger charge is -2.28. The molecule has 0 fully saturated rings. The normalized spacial score (nSPS) is 11.4. The maximum absolute atomic E-state index is 12.9. The molecule has 7 heteroatoms. The molecule has 0 unspecified atom stereocenters. The number of carbonyl (C=O) groups excluding carboxylic acids is 1. The molecule has 0 radical (unpaired) electrons. The fourth-order valence-electron chi connectivity index (χ4n) is 2.39. The number of benzene rings is 1. The molecule has 1 amide bonds. The van der Waals surface area contributed by atoms with Crippen LogP contribution in [-0.4, -0.2) is 21.9 Å². The minimum Gasteiger partial charge on any atom is -0.443 e. The van der Waals surface area contributed by atoms with Crippen LogP contribution in [-0.2, 0) is 17.6 Å². The summed E-state index contributed by atoms with van der Waals surface area (Å²) in [5, 5.41) is 7.44. The van der Waals surface area contributed by atoms with E-state index in [0.717, 1.165) is 29.7 Å². The number of anilines is 2. The van der Waals surface area contributed by atoms with Gasteiger partial charge in [-0.1, -0.05) is 43.4 Å². The third-order valence-corrected chi connectivity index (χ3v) is 4.46. The Morgan fingerprint density at radius 1 is 1.29 bits per heavy atom. The van der Waals surface area contributed by atoms with Gasteiger partial charge in [0.15, 0.2) is 3.95 Å². The van der Waals surface area contributed by atoms with E-state index in [1.807, 2.05) is 39.0 Å². The van der Waals surface area contributed by atoms with Crippen LogP contribution in [0.5, 0.6) is 0 Å². The van der Waals surface area contributed by atoms with Gasteiger partial charge in [0.2, 0.25) is 5.13 Å². The Balaban J connectivity index is 2.63. The summed E-state index contributed by atoms with van der Waals surface area (Å²) < 4.78 is 6.14. The highest BCUT2D eigenvalue weighted by Crippen LogP contribution is 2.35. The van der Waals surface area contributed by atoms with Crippen molar-refractivity contribution in [2.45, 2.75) is 53.1 Å². The first-order valence-corrected chi connectivity index (χ1v) is 9.18. The number of para-hydroxylation sites is 1. The van der Waals surface area contributed by atoms with Gasteiger partial charge in [-0.2, -0.15) is 0 Å². The lowest BCUT2D eigenvalue weighted by Crippen LogP contribution is -2.34. The molecule has 0 saturated heterocycles. The Morgan fingerprint density at radius 2 is 1.88 bits per heavy atom. The number of rotatable bonds is 4. The Morgan fingerprint density at radius 3 is 2.29 bits per heavy atom. The van der Waals surface area contributed by atoms with Crippen LogP contribution in [0.15, 0.2) is 18.2 Å². The Hall–Kier alpha value is -1.73. The quantitative estimate of drug-likeness (QED) is 0.737. The summed E-state index contributed by atoms with van der Waals surface area (Å²) in [5.41, 5.74) is 2.39. The molecular weight excluding hydrogens is 342 g/mol. The van der Waals surface area contributed by atoms with Crippen LogP contribution >= 0.6 is 23.6 Å². The fourth-order valence-corrected chi connectivity index (χ4v) is 3.27. The molecule has 2 aromatic rings. The SMILES string of the molecule is CCc1cccc(CC)c1N(C(=O)OC(C)(C)C)c1n[nH]c(=S)s1. The van der Waals surface area contributed by atoms with Gasteiger partial charge in [-0.05, 0) is 57.0 Å². The van der Waals surface area contributed by atoms with Crippen molar-refractivity contribution in [2.75, 3.05) is 4.90 Å². The number of nitrogens with zero attached hydrogens (tertiary/aromatic N) is 2. The Kier molecular flexibility index (Phi) is 5.77. The van der Waals surface area contributed by atoms with Crippen molar-refractivity contribution < 1.29 is 9.53 Å². The second-order valence-electron chi connectivity index (χ2n) is 6.34. The monoisotopic (exact) mass is 365 g/mol. The molecule has 0 bridgehead atoms. The zero-order valence-electron chi connectivity index (χ0n) is 14.7. The zero-order chi connectivity index (χ0) is 17.9. The van der Waals surface area contributed by atoms with Gasteiger partial charge >= 0.3 is 6.09 Å². The first-order valence-electron chi connectivity index (χ1n) is 7.96. The summed E-state index contributed by atoms with van der Waals surface area (Å²) in [7, 11) is 0. The number of ether oxygens (including phenoxy) is 1. The van der Waals surface area contributed by atoms with Gasteiger partial charge in [0.05, 0.1) is 5.69 Å². The summed E-state index contributed by atoms with van der Waals surface area (Å²) in [6.07, 6.45) is 1.16. The van der Waals surface area contributed by atoms with Gasteiger partial charge in [-0.15, -0.1) is 5.10 Å². The minimum absolute atomic E-state index is 0.448. The highest BCUT2D eigenvalue weighted by molar-refractivity contribution is 7.73. The predicted molar refractivity (Wildman–Crippen MR) is 101 cm³/mol. The molecular formula is C17H23N3O2S2. The van der Waals surface area contributed by atoms with E-state index in [0.29, 0.717) is 9.09 Å². The largest absolute Gasteiger partial charge is 0.443 e. The summed E-state index contributed by atoms with van der Waals surface area (Å²) in [6.45, 7) is 9.68. The van der Waals surface area contributed by atoms with Crippen LogP contribution in [0.3, 0.4) is 0 Å². The summed E-state index contributed by atoms with van der Waals surface area (Å²) in [4.78, 5) is 14.5. The standard InChI is InChI=1S/C17H23N3O2S2/c1-6-11-9-8-10-12(7-2)13(11)20(14-18-19-15(23)24-14)16(21)22-17(3,4)5/h8-10H,6-7H2,1-5H3,(H,19,23). The van der Waals surface area contributed by atoms with Crippen molar-refractivity contribution >= 4 is 40.5 Å². The second-order valence-corrected chi connectivity index (χ2v) is 7.99. The molecule has 1 N–H and O–H groups in total. The van der Waals surface area contributed by atoms with Crippen molar-refractivity contribution in [1.29, 1.82) is 0 Å². The van der Waals surface area contributed by atoms with Crippen LogP contribution in [0.2, 0.25) is 0 Å². The third kappa shape index (κ3) is 4.21. The molecule has 0 aliphatic carbocycles. The Bertz CT molecular complexity index is 752. The van der Waals surface area contributed by atoms with Crippen LogP contribution in [0.25, 0.3) is 0 Å². The van der Waals surface area contributed by atoms with Crippen molar-refractivity contribution in [3.05, 3.63) is 33.3 Å². The van der Waals surface area contributed by atoms with Crippen LogP contribution in [0.1, 0.15) is 45.7 Å². The molecule has 0 saturated carbocycles. The number of hydrogen-bond acceptors (Lipinski definition) is 5. The van der Waals surface area contributed by atoms with Gasteiger partial charge < -0.3 is 4.74 Å². The van der Waals surface area contributed by atoms with E-state index in [1.165, 1.54) is 11.3 Å². The molecule has 24 heavy (non-hydrogen) atoms. The number of aromatic nitrogens is 2. The number of H-pyrrole nitrogens is 1. The first-order chi connectivity index (χ1) is 11.3. The lowest BCUT2D eigenvalue weighted by molar-refractivity contribution is 0.0598. The molecule has 0 aliphatic heterocycles. The van der Waals surface area contributed by atoms with E-state index in [4.69, 9.17) is 17.0 Å². The van der Waals surface area contributed by atoms with E-state index in [2.05, 4.69) is 24.0 Å². The fraction of sp³-hybridized carbons (Fsp3) is 0.471. The van der Waals surface area contributed by atoms with E-state index in [-0.39, 0.29) is 0 Å². The maximum Gasteiger partial charge on any atom is 0.421 e. The molecule has 5 nitrogen and oxygen atoms in total. The summed E-state index contributed by atoms with van der Waals surface area (Å²) in [6, 6.07) is 6.07. The van der Waals surface area contributed by atoms with Gasteiger partial charge in [0, 0.05) is 0 Å². The van der Waals surface area contributed by atoms with Crippen molar-refractivity contribution in [1.82, 2.24) is 10.2 Å². The highest BCUT2D eigenvalue weighted by atomic mass is 32.1. The molecule has 1 aromatic carbocycles. The lowest BCUT2D eigenvalue weighted by atomic mass is 10.0. The predicted octanol–water partition coefficient (Wildman–Crippen LogP) is 5.40. The average molecular weight is 366 g/mol. The van der Waals surface area contributed by atoms with E-state index in [9.17, 15) is 4.79 Å². The molecule has 0 spiro atoms. The molecule has 1 aromatic heterocycles. The van der Waals surface area contributed by atoms with E-state index in [1.54, 1.807) is 4.90 Å². The average Bonchev–Trinajstić information content (AvgIpc) is 2.92. The van der Waals surface area contributed by atoms with E-state index >= 15 is 0 Å². The number of carbonyl (C=O) groups is 1. The number of nitrogens with one attached hydrogen (secondary N) is 1. The topological polar surface area (TPSA) is 58.2 Å². The summed E-state index contributed by atoms with van der Waals surface area (Å²) in [5.74, 6) is 0. The third-order valence-electron chi connectivity index (χ3n) is 3.38. The van der Waals surface area contributed by atoms with E-state index < -0.39 is 11.7 Å². The highest BCUT2D eigenvalue weighted by Gasteiger charge is 2.29. The summed E-state index contributed by atoms with van der Waals surface area (Å²) >= 11 is 6.40. The molecule has 0 atom stereocenters. The number of aromatic amines is 1. The number of amides is 1. The first kappa shape index (κ1) is 18.6. The zero-order valence-corrected chi connectivity index (χ0v) is 16.3. The van der Waals surface area contributed by atoms with Gasteiger partial charge in [0.1, 0.15) is 5.60 Å². The van der Waals surface area contributed by atoms with Crippen molar-refractivity contribution in [3.8, 4) is 0 Å². The molecule has 130 valence electrons. The smallest absolute Gasteiger partial charge is 0.421 e. The van der Waals surface area contributed by atoms with Crippen LogP contribution < -0.4 is 4.90 Å². The second kappa shape index (κ2) is 7.44. The molecule has 1 heterocycles. The number of aryl methyl sites for hydroxylation is 2.